The van der Waals surface area contributed by atoms with E-state index in [0.29, 0.717) is 5.82 Å². The van der Waals surface area contributed by atoms with Gasteiger partial charge in [-0.05, 0) is 42.6 Å². The van der Waals surface area contributed by atoms with Crippen LogP contribution >= 0.6 is 0 Å². The molecule has 2 aromatic rings. The lowest BCUT2D eigenvalue weighted by Crippen LogP contribution is -2.19. The van der Waals surface area contributed by atoms with E-state index in [1.165, 1.54) is 0 Å². The Labute approximate surface area is 99.8 Å². The standard InChI is InChI=1S/C13H15N3O/c14-13-12-2-1-10(7-9(12)3-6-16-13)17-11-4-5-15-8-11/h1-3,6-7,11,15H,4-5,8H2,(H2,14,16). The summed E-state index contributed by atoms with van der Waals surface area (Å²) in [6.45, 7) is 1.96. The molecule has 4 heteroatoms. The molecule has 88 valence electrons. The van der Waals surface area contributed by atoms with Crippen molar-refractivity contribution in [3.8, 4) is 5.75 Å². The first-order valence-electron chi connectivity index (χ1n) is 5.84. The van der Waals surface area contributed by atoms with Crippen LogP contribution in [-0.2, 0) is 0 Å². The number of hydrogen-bond acceptors (Lipinski definition) is 4. The molecule has 1 aromatic carbocycles. The van der Waals surface area contributed by atoms with Crippen molar-refractivity contribution in [3.63, 3.8) is 0 Å². The minimum atomic E-state index is 0.284. The van der Waals surface area contributed by atoms with Crippen molar-refractivity contribution in [1.82, 2.24) is 10.3 Å². The highest BCUT2D eigenvalue weighted by molar-refractivity contribution is 5.91. The van der Waals surface area contributed by atoms with E-state index in [1.807, 2.05) is 24.3 Å². The topological polar surface area (TPSA) is 60.2 Å². The molecule has 2 heterocycles. The van der Waals surface area contributed by atoms with E-state index in [-0.39, 0.29) is 6.10 Å². The van der Waals surface area contributed by atoms with Gasteiger partial charge in [-0.3, -0.25) is 0 Å². The van der Waals surface area contributed by atoms with Crippen molar-refractivity contribution >= 4 is 16.6 Å². The SMILES string of the molecule is Nc1nccc2cc(OC3CCNC3)ccc12. The van der Waals surface area contributed by atoms with Gasteiger partial charge in [0.1, 0.15) is 17.7 Å². The number of ether oxygens (including phenoxy) is 1. The van der Waals surface area contributed by atoms with E-state index in [9.17, 15) is 0 Å². The third-order valence-corrected chi connectivity index (χ3v) is 3.08. The number of anilines is 1. The Balaban J connectivity index is 1.90. The maximum absolute atomic E-state index is 5.90. The molecule has 3 N–H and O–H groups in total. The van der Waals surface area contributed by atoms with E-state index < -0.39 is 0 Å². The van der Waals surface area contributed by atoms with E-state index in [2.05, 4.69) is 10.3 Å². The van der Waals surface area contributed by atoms with Crippen molar-refractivity contribution in [2.45, 2.75) is 12.5 Å². The lowest BCUT2D eigenvalue weighted by molar-refractivity contribution is 0.223. The van der Waals surface area contributed by atoms with Crippen molar-refractivity contribution in [2.75, 3.05) is 18.8 Å². The molecule has 4 nitrogen and oxygen atoms in total. The van der Waals surface area contributed by atoms with Crippen molar-refractivity contribution in [3.05, 3.63) is 30.5 Å². The van der Waals surface area contributed by atoms with Crippen LogP contribution in [0.3, 0.4) is 0 Å². The van der Waals surface area contributed by atoms with Gasteiger partial charge in [0.25, 0.3) is 0 Å². The van der Waals surface area contributed by atoms with Gasteiger partial charge in [-0.1, -0.05) is 0 Å². The maximum atomic E-state index is 5.90. The third-order valence-electron chi connectivity index (χ3n) is 3.08. The number of nitrogens with two attached hydrogens (primary N) is 1. The summed E-state index contributed by atoms with van der Waals surface area (Å²) >= 11 is 0. The zero-order valence-electron chi connectivity index (χ0n) is 9.52. The molecule has 1 unspecified atom stereocenters. The molecule has 17 heavy (non-hydrogen) atoms. The number of nitrogens with one attached hydrogen (secondary N) is 1. The number of fused-ring (bicyclic) bond motifs is 1. The van der Waals surface area contributed by atoms with Crippen LogP contribution in [0.15, 0.2) is 30.5 Å². The normalized spacial score (nSPS) is 19.6. The van der Waals surface area contributed by atoms with Crippen LogP contribution in [-0.4, -0.2) is 24.2 Å². The van der Waals surface area contributed by atoms with E-state index in [4.69, 9.17) is 10.5 Å². The minimum Gasteiger partial charge on any atom is -0.489 e. The zero-order chi connectivity index (χ0) is 11.7. The fraction of sp³-hybridized carbons (Fsp3) is 0.308. The molecule has 1 fully saturated rings. The van der Waals surface area contributed by atoms with Crippen LogP contribution in [0.1, 0.15) is 6.42 Å². The number of nitrogens with zero attached hydrogens (tertiary/aromatic N) is 1. The Kier molecular flexibility index (Phi) is 2.57. The van der Waals surface area contributed by atoms with Crippen LogP contribution in [0.25, 0.3) is 10.8 Å². The first-order valence-corrected chi connectivity index (χ1v) is 5.84. The summed E-state index contributed by atoms with van der Waals surface area (Å²) in [5, 5.41) is 5.33. The molecule has 1 aromatic heterocycles. The molecular formula is C13H15N3O. The highest BCUT2D eigenvalue weighted by Gasteiger charge is 2.15. The average Bonchev–Trinajstić information content (AvgIpc) is 2.82. The van der Waals surface area contributed by atoms with E-state index >= 15 is 0 Å². The fourth-order valence-electron chi connectivity index (χ4n) is 2.17. The van der Waals surface area contributed by atoms with Crippen LogP contribution < -0.4 is 15.8 Å². The van der Waals surface area contributed by atoms with Crippen LogP contribution in [0, 0.1) is 0 Å². The lowest BCUT2D eigenvalue weighted by atomic mass is 10.1. The second-order valence-corrected chi connectivity index (χ2v) is 4.31. The molecule has 0 radical (unpaired) electrons. The van der Waals surface area contributed by atoms with Crippen LogP contribution in [0.4, 0.5) is 5.82 Å². The third kappa shape index (κ3) is 2.03. The molecule has 1 aliphatic heterocycles. The van der Waals surface area contributed by atoms with E-state index in [1.54, 1.807) is 6.20 Å². The maximum Gasteiger partial charge on any atom is 0.131 e. The van der Waals surface area contributed by atoms with Gasteiger partial charge in [0.2, 0.25) is 0 Å². The molecule has 0 saturated carbocycles. The molecule has 1 saturated heterocycles. The first-order chi connectivity index (χ1) is 8.33. The van der Waals surface area contributed by atoms with E-state index in [0.717, 1.165) is 36.0 Å². The number of nitrogen functional groups attached to an aromatic ring is 1. The molecule has 0 bridgehead atoms. The monoisotopic (exact) mass is 229 g/mol. The summed E-state index contributed by atoms with van der Waals surface area (Å²) in [6.07, 6.45) is 3.07. The van der Waals surface area contributed by atoms with Gasteiger partial charge in [0, 0.05) is 18.1 Å². The number of pyridine rings is 1. The van der Waals surface area contributed by atoms with Crippen LogP contribution in [0.2, 0.25) is 0 Å². The smallest absolute Gasteiger partial charge is 0.131 e. The molecule has 1 aliphatic rings. The highest BCUT2D eigenvalue weighted by Crippen LogP contribution is 2.24. The molecular weight excluding hydrogens is 214 g/mol. The molecule has 3 rings (SSSR count). The Bertz CT molecular complexity index is 535. The number of rotatable bonds is 2. The first kappa shape index (κ1) is 10.4. The highest BCUT2D eigenvalue weighted by atomic mass is 16.5. The van der Waals surface area contributed by atoms with Crippen molar-refractivity contribution in [1.29, 1.82) is 0 Å². The fourth-order valence-corrected chi connectivity index (χ4v) is 2.17. The van der Waals surface area contributed by atoms with Gasteiger partial charge >= 0.3 is 0 Å². The van der Waals surface area contributed by atoms with Crippen molar-refractivity contribution in [2.24, 2.45) is 0 Å². The molecule has 0 aliphatic carbocycles. The van der Waals surface area contributed by atoms with Gasteiger partial charge in [0.05, 0.1) is 0 Å². The zero-order valence-corrected chi connectivity index (χ0v) is 9.52. The second kappa shape index (κ2) is 4.22. The predicted molar refractivity (Wildman–Crippen MR) is 68.1 cm³/mol. The largest absolute Gasteiger partial charge is 0.489 e. The summed E-state index contributed by atoms with van der Waals surface area (Å²) in [7, 11) is 0. The van der Waals surface area contributed by atoms with Crippen LogP contribution in [0.5, 0.6) is 5.75 Å². The predicted octanol–water partition coefficient (Wildman–Crippen LogP) is 1.56. The quantitative estimate of drug-likeness (QED) is 0.820. The minimum absolute atomic E-state index is 0.284. The Morgan fingerprint density at radius 1 is 1.35 bits per heavy atom. The van der Waals surface area contributed by atoms with Gasteiger partial charge in [0.15, 0.2) is 0 Å². The average molecular weight is 229 g/mol. The van der Waals surface area contributed by atoms with Gasteiger partial charge in [-0.2, -0.15) is 0 Å². The van der Waals surface area contributed by atoms with Gasteiger partial charge < -0.3 is 15.8 Å². The molecule has 0 amide bonds. The second-order valence-electron chi connectivity index (χ2n) is 4.31. The Hall–Kier alpha value is -1.81. The summed E-state index contributed by atoms with van der Waals surface area (Å²) in [5.74, 6) is 1.47. The summed E-state index contributed by atoms with van der Waals surface area (Å²) in [5.41, 5.74) is 5.81. The number of hydrogen-bond donors (Lipinski definition) is 2. The summed E-state index contributed by atoms with van der Waals surface area (Å²) < 4.78 is 5.90. The number of benzene rings is 1. The Morgan fingerprint density at radius 3 is 3.12 bits per heavy atom. The number of aromatic nitrogens is 1. The van der Waals surface area contributed by atoms with Gasteiger partial charge in [-0.25, -0.2) is 4.98 Å². The summed E-state index contributed by atoms with van der Waals surface area (Å²) in [4.78, 5) is 4.07. The molecule has 1 atom stereocenters. The van der Waals surface area contributed by atoms with Gasteiger partial charge in [-0.15, -0.1) is 0 Å². The Morgan fingerprint density at radius 2 is 2.29 bits per heavy atom. The summed E-state index contributed by atoms with van der Waals surface area (Å²) in [6, 6.07) is 7.89. The van der Waals surface area contributed by atoms with Crippen molar-refractivity contribution < 1.29 is 4.74 Å². The molecule has 0 spiro atoms. The lowest BCUT2D eigenvalue weighted by Gasteiger charge is -2.13.